The van der Waals surface area contributed by atoms with Gasteiger partial charge in [-0.1, -0.05) is 72.8 Å². The lowest BCUT2D eigenvalue weighted by Crippen LogP contribution is -2.49. The van der Waals surface area contributed by atoms with Crippen LogP contribution in [0.15, 0.2) is 78.9 Å². The second kappa shape index (κ2) is 8.79. The number of likely N-dealkylation sites (tertiary alicyclic amines) is 1. The summed E-state index contributed by atoms with van der Waals surface area (Å²) in [6.07, 6.45) is -0.698. The van der Waals surface area contributed by atoms with Gasteiger partial charge in [-0.15, -0.1) is 0 Å². The van der Waals surface area contributed by atoms with Crippen LogP contribution in [0.25, 0.3) is 0 Å². The third-order valence-electron chi connectivity index (χ3n) is 6.84. The number of ether oxygens (including phenoxy) is 1. The first kappa shape index (κ1) is 16.5. The Balaban J connectivity index is 1.37. The van der Waals surface area contributed by atoms with E-state index in [1.807, 2.05) is 66.7 Å². The van der Waals surface area contributed by atoms with Crippen molar-refractivity contribution in [3.8, 4) is 5.75 Å². The summed E-state index contributed by atoms with van der Waals surface area (Å²) >= 11 is 0. The first-order valence-electron chi connectivity index (χ1n) is 13.1. The van der Waals surface area contributed by atoms with Gasteiger partial charge in [0.15, 0.2) is 0 Å². The lowest BCUT2D eigenvalue weighted by atomic mass is 9.64. The molecule has 2 aliphatic rings. The van der Waals surface area contributed by atoms with Crippen molar-refractivity contribution in [2.75, 3.05) is 26.2 Å². The van der Waals surface area contributed by atoms with Crippen LogP contribution in [0.1, 0.15) is 34.2 Å². The molecule has 0 spiro atoms. The van der Waals surface area contributed by atoms with E-state index in [0.717, 1.165) is 36.2 Å². The van der Waals surface area contributed by atoms with Gasteiger partial charge in [-0.2, -0.15) is 0 Å². The standard InChI is InChI=1S/C28H30N2O2/c29-27(31)28(23-7-3-1-4-8-23,24-9-5-2-6-10-24)25-14-17-30(20-25)16-13-21-11-12-26-22(19-21)15-18-32-26/h1-12,19,25H,13-18,20H2,(H2,29,31)/t25-/m1/s1/i15D2,18D2. The van der Waals surface area contributed by atoms with Crippen molar-refractivity contribution in [1.82, 2.24) is 4.90 Å². The molecule has 5 rings (SSSR count). The van der Waals surface area contributed by atoms with Crippen LogP contribution >= 0.6 is 0 Å². The summed E-state index contributed by atoms with van der Waals surface area (Å²) in [4.78, 5) is 15.6. The second-order valence-corrected chi connectivity index (χ2v) is 8.60. The lowest BCUT2D eigenvalue weighted by Gasteiger charge is -2.37. The topological polar surface area (TPSA) is 55.6 Å². The number of nitrogens with zero attached hydrogens (tertiary/aromatic N) is 1. The van der Waals surface area contributed by atoms with E-state index in [2.05, 4.69) is 4.90 Å². The third kappa shape index (κ3) is 3.69. The van der Waals surface area contributed by atoms with Crippen molar-refractivity contribution in [1.29, 1.82) is 0 Å². The Labute approximate surface area is 195 Å². The summed E-state index contributed by atoms with van der Waals surface area (Å²) in [5, 5.41) is 0. The van der Waals surface area contributed by atoms with E-state index < -0.39 is 18.3 Å². The van der Waals surface area contributed by atoms with Gasteiger partial charge in [0.25, 0.3) is 0 Å². The minimum Gasteiger partial charge on any atom is -0.493 e. The molecule has 164 valence electrons. The van der Waals surface area contributed by atoms with Gasteiger partial charge in [0.1, 0.15) is 11.2 Å². The summed E-state index contributed by atoms with van der Waals surface area (Å²) in [7, 11) is 0. The summed E-state index contributed by atoms with van der Waals surface area (Å²) in [5.74, 6) is -0.0802. The number of aryl methyl sites for hydroxylation is 1. The number of carbonyl (C=O) groups is 1. The molecule has 32 heavy (non-hydrogen) atoms. The van der Waals surface area contributed by atoms with E-state index in [-0.39, 0.29) is 23.1 Å². The fourth-order valence-corrected chi connectivity index (χ4v) is 5.26. The van der Waals surface area contributed by atoms with Crippen molar-refractivity contribution in [3.63, 3.8) is 0 Å². The molecule has 1 saturated heterocycles. The number of amides is 1. The molecule has 3 aromatic rings. The number of carbonyl (C=O) groups excluding carboxylic acids is 1. The molecular weight excluding hydrogens is 396 g/mol. The average molecular weight is 431 g/mol. The molecule has 4 nitrogen and oxygen atoms in total. The average Bonchev–Trinajstić information content (AvgIpc) is 3.40. The van der Waals surface area contributed by atoms with E-state index in [0.29, 0.717) is 13.0 Å². The normalized spacial score (nSPS) is 23.3. The Bertz CT molecular complexity index is 1210. The molecule has 0 aromatic heterocycles. The maximum Gasteiger partial charge on any atom is 0.232 e. The lowest BCUT2D eigenvalue weighted by molar-refractivity contribution is -0.123. The summed E-state index contributed by atoms with van der Waals surface area (Å²) < 4.78 is 37.3. The molecule has 2 aliphatic heterocycles. The predicted molar refractivity (Wildman–Crippen MR) is 127 cm³/mol. The van der Waals surface area contributed by atoms with E-state index in [1.165, 1.54) is 0 Å². The van der Waals surface area contributed by atoms with E-state index in [9.17, 15) is 4.79 Å². The Morgan fingerprint density at radius 2 is 1.75 bits per heavy atom. The van der Waals surface area contributed by atoms with Gasteiger partial charge in [0.2, 0.25) is 5.91 Å². The zero-order valence-electron chi connectivity index (χ0n) is 22.0. The molecular formula is C28H30N2O2. The maximum atomic E-state index is 13.2. The minimum atomic E-state index is -2.39. The van der Waals surface area contributed by atoms with Gasteiger partial charge in [0.05, 0.1) is 9.30 Å². The number of benzene rings is 3. The van der Waals surface area contributed by atoms with Crippen LogP contribution in [0, 0.1) is 5.92 Å². The van der Waals surface area contributed by atoms with Crippen LogP contribution in [0.3, 0.4) is 0 Å². The van der Waals surface area contributed by atoms with Crippen LogP contribution in [-0.4, -0.2) is 37.0 Å². The maximum absolute atomic E-state index is 13.2. The van der Waals surface area contributed by atoms with E-state index in [4.69, 9.17) is 16.0 Å². The van der Waals surface area contributed by atoms with E-state index >= 15 is 0 Å². The van der Waals surface area contributed by atoms with Crippen molar-refractivity contribution in [2.24, 2.45) is 11.7 Å². The van der Waals surface area contributed by atoms with Gasteiger partial charge < -0.3 is 15.4 Å². The Kier molecular flexibility index (Phi) is 4.54. The van der Waals surface area contributed by atoms with Gasteiger partial charge in [0, 0.05) is 22.2 Å². The molecule has 3 aromatic carbocycles. The van der Waals surface area contributed by atoms with Crippen LogP contribution in [0.4, 0.5) is 0 Å². The number of hydrogen-bond acceptors (Lipinski definition) is 3. The van der Waals surface area contributed by atoms with Crippen molar-refractivity contribution in [3.05, 3.63) is 101 Å². The molecule has 1 amide bonds. The molecule has 0 radical (unpaired) electrons. The number of primary amides is 1. The summed E-state index contributed by atoms with van der Waals surface area (Å²) in [5.41, 5.74) is 8.26. The summed E-state index contributed by atoms with van der Waals surface area (Å²) in [6, 6.07) is 24.8. The number of rotatable bonds is 7. The quantitative estimate of drug-likeness (QED) is 0.617. The zero-order valence-corrected chi connectivity index (χ0v) is 18.0. The smallest absolute Gasteiger partial charge is 0.232 e. The molecule has 0 aliphatic carbocycles. The minimum absolute atomic E-state index is 0.00889. The van der Waals surface area contributed by atoms with Gasteiger partial charge >= 0.3 is 0 Å². The third-order valence-corrected chi connectivity index (χ3v) is 6.84. The molecule has 0 bridgehead atoms. The van der Waals surface area contributed by atoms with Crippen molar-refractivity contribution in [2.45, 2.75) is 24.6 Å². The number of hydrogen-bond donors (Lipinski definition) is 1. The molecule has 4 heteroatoms. The SMILES string of the molecule is [2H]C1([2H])Oc2ccc(CCN3CC[C@@H](C(C(N)=O)(c4ccccc4)c4ccccc4)C3)cc2C1([2H])[2H]. The van der Waals surface area contributed by atoms with Crippen LogP contribution < -0.4 is 10.5 Å². The highest BCUT2D eigenvalue weighted by molar-refractivity contribution is 5.91. The zero-order chi connectivity index (χ0) is 25.6. The molecule has 0 unspecified atom stereocenters. The highest BCUT2D eigenvalue weighted by atomic mass is 16.5. The second-order valence-electron chi connectivity index (χ2n) is 8.60. The van der Waals surface area contributed by atoms with Crippen LogP contribution in [0.2, 0.25) is 0 Å². The molecule has 1 fully saturated rings. The fourth-order valence-electron chi connectivity index (χ4n) is 5.26. The largest absolute Gasteiger partial charge is 0.493 e. The first-order chi connectivity index (χ1) is 17.2. The molecule has 2 heterocycles. The highest BCUT2D eigenvalue weighted by Crippen LogP contribution is 2.43. The molecule has 0 saturated carbocycles. The highest BCUT2D eigenvalue weighted by Gasteiger charge is 2.49. The Morgan fingerprint density at radius 3 is 2.41 bits per heavy atom. The summed E-state index contributed by atoms with van der Waals surface area (Å²) in [6.45, 7) is -0.103. The van der Waals surface area contributed by atoms with Crippen LogP contribution in [0.5, 0.6) is 5.75 Å². The van der Waals surface area contributed by atoms with Gasteiger partial charge in [-0.25, -0.2) is 0 Å². The fraction of sp³-hybridized carbons (Fsp3) is 0.321. The molecule has 1 atom stereocenters. The first-order valence-corrected chi connectivity index (χ1v) is 11.1. The predicted octanol–water partition coefficient (Wildman–Crippen LogP) is 3.96. The van der Waals surface area contributed by atoms with Crippen molar-refractivity contribution < 1.29 is 15.0 Å². The monoisotopic (exact) mass is 430 g/mol. The Hall–Kier alpha value is -3.11. The number of nitrogens with two attached hydrogens (primary N) is 1. The van der Waals surface area contributed by atoms with Gasteiger partial charge in [-0.3, -0.25) is 4.79 Å². The van der Waals surface area contributed by atoms with Crippen molar-refractivity contribution >= 4 is 5.91 Å². The van der Waals surface area contributed by atoms with Crippen LogP contribution in [-0.2, 0) is 23.0 Å². The number of fused-ring (bicyclic) bond motifs is 1. The van der Waals surface area contributed by atoms with E-state index in [1.54, 1.807) is 12.1 Å². The molecule has 2 N–H and O–H groups in total. The van der Waals surface area contributed by atoms with Gasteiger partial charge in [-0.05, 0) is 53.6 Å². The Morgan fingerprint density at radius 1 is 1.06 bits per heavy atom.